The molecular weight excluding hydrogens is 352 g/mol. The second-order valence-electron chi connectivity index (χ2n) is 5.82. The lowest BCUT2D eigenvalue weighted by molar-refractivity contribution is 0.289. The van der Waals surface area contributed by atoms with Crippen LogP contribution in [0, 0.1) is 0 Å². The van der Waals surface area contributed by atoms with Crippen LogP contribution in [0.5, 0.6) is 23.0 Å². The van der Waals surface area contributed by atoms with Gasteiger partial charge in [-0.15, -0.1) is 0 Å². The average molecular weight is 373 g/mol. The normalized spacial score (nSPS) is 10.7. The van der Waals surface area contributed by atoms with Crippen molar-refractivity contribution < 1.29 is 14.2 Å². The molecule has 0 amide bonds. The van der Waals surface area contributed by atoms with Crippen LogP contribution in [0.4, 0.5) is 5.69 Å². The first kappa shape index (κ1) is 18.1. The van der Waals surface area contributed by atoms with E-state index in [1.807, 2.05) is 12.1 Å². The fourth-order valence-electron chi connectivity index (χ4n) is 2.53. The van der Waals surface area contributed by atoms with Crippen LogP contribution in [0.15, 0.2) is 42.6 Å². The zero-order valence-corrected chi connectivity index (χ0v) is 15.5. The molecular formula is C20H21ClN2O3. The lowest BCUT2D eigenvalue weighted by Gasteiger charge is -2.14. The number of ether oxygens (including phenoxy) is 3. The van der Waals surface area contributed by atoms with Crippen molar-refractivity contribution in [3.8, 4) is 23.0 Å². The summed E-state index contributed by atoms with van der Waals surface area (Å²) in [5.41, 5.74) is 7.07. The molecule has 0 atom stereocenters. The SMILES string of the molecule is CCCCOc1cc2nccc(Oc3ccc(N)cc3Cl)c2cc1OC. The Kier molecular flexibility index (Phi) is 5.68. The summed E-state index contributed by atoms with van der Waals surface area (Å²) in [6.07, 6.45) is 3.73. The highest BCUT2D eigenvalue weighted by Crippen LogP contribution is 2.38. The van der Waals surface area contributed by atoms with Crippen LogP contribution in [0.1, 0.15) is 19.8 Å². The number of benzene rings is 2. The van der Waals surface area contributed by atoms with Crippen molar-refractivity contribution in [2.45, 2.75) is 19.8 Å². The van der Waals surface area contributed by atoms with Gasteiger partial charge in [0.25, 0.3) is 0 Å². The number of hydrogen-bond donors (Lipinski definition) is 1. The molecule has 0 fully saturated rings. The third-order valence-electron chi connectivity index (χ3n) is 3.92. The van der Waals surface area contributed by atoms with Crippen molar-refractivity contribution in [3.05, 3.63) is 47.6 Å². The Morgan fingerprint density at radius 1 is 1.04 bits per heavy atom. The fourth-order valence-corrected chi connectivity index (χ4v) is 2.76. The molecule has 0 aliphatic heterocycles. The van der Waals surface area contributed by atoms with Gasteiger partial charge < -0.3 is 19.9 Å². The Morgan fingerprint density at radius 2 is 1.88 bits per heavy atom. The molecule has 136 valence electrons. The molecule has 0 saturated heterocycles. The first-order chi connectivity index (χ1) is 12.6. The second-order valence-corrected chi connectivity index (χ2v) is 6.23. The van der Waals surface area contributed by atoms with Crippen LogP contribution in [0.25, 0.3) is 10.9 Å². The topological polar surface area (TPSA) is 66.6 Å². The Bertz CT molecular complexity index is 915. The van der Waals surface area contributed by atoms with Gasteiger partial charge in [-0.1, -0.05) is 24.9 Å². The molecule has 0 radical (unpaired) electrons. The van der Waals surface area contributed by atoms with Gasteiger partial charge in [0.15, 0.2) is 11.5 Å². The predicted molar refractivity (Wildman–Crippen MR) is 105 cm³/mol. The zero-order chi connectivity index (χ0) is 18.5. The van der Waals surface area contributed by atoms with Crippen molar-refractivity contribution in [2.24, 2.45) is 0 Å². The number of methoxy groups -OCH3 is 1. The molecule has 2 aromatic carbocycles. The van der Waals surface area contributed by atoms with E-state index in [2.05, 4.69) is 11.9 Å². The highest BCUT2D eigenvalue weighted by atomic mass is 35.5. The van der Waals surface area contributed by atoms with Crippen molar-refractivity contribution in [3.63, 3.8) is 0 Å². The van der Waals surface area contributed by atoms with Crippen LogP contribution in [0.3, 0.4) is 0 Å². The quantitative estimate of drug-likeness (QED) is 0.441. The average Bonchev–Trinajstić information content (AvgIpc) is 2.64. The smallest absolute Gasteiger partial charge is 0.163 e. The number of nitrogen functional groups attached to an aromatic ring is 1. The minimum Gasteiger partial charge on any atom is -0.493 e. The molecule has 0 bridgehead atoms. The number of pyridine rings is 1. The van der Waals surface area contributed by atoms with Crippen molar-refractivity contribution in [2.75, 3.05) is 19.5 Å². The zero-order valence-electron chi connectivity index (χ0n) is 14.8. The van der Waals surface area contributed by atoms with E-state index in [9.17, 15) is 0 Å². The maximum Gasteiger partial charge on any atom is 0.163 e. The number of nitrogens with two attached hydrogens (primary N) is 1. The lowest BCUT2D eigenvalue weighted by atomic mass is 10.1. The molecule has 0 unspecified atom stereocenters. The van der Waals surface area contributed by atoms with Crippen LogP contribution in [-0.4, -0.2) is 18.7 Å². The first-order valence-corrected chi connectivity index (χ1v) is 8.82. The van der Waals surface area contributed by atoms with E-state index in [4.69, 9.17) is 31.5 Å². The molecule has 6 heteroatoms. The van der Waals surface area contributed by atoms with Crippen molar-refractivity contribution >= 4 is 28.2 Å². The largest absolute Gasteiger partial charge is 0.493 e. The van der Waals surface area contributed by atoms with E-state index in [1.165, 1.54) is 0 Å². The minimum atomic E-state index is 0.446. The Labute approximate surface area is 157 Å². The van der Waals surface area contributed by atoms with E-state index in [0.717, 1.165) is 23.7 Å². The van der Waals surface area contributed by atoms with E-state index in [0.29, 0.717) is 40.3 Å². The van der Waals surface area contributed by atoms with Crippen molar-refractivity contribution in [1.82, 2.24) is 4.98 Å². The van der Waals surface area contributed by atoms with Gasteiger partial charge in [0, 0.05) is 23.3 Å². The molecule has 26 heavy (non-hydrogen) atoms. The molecule has 0 spiro atoms. The molecule has 0 aliphatic rings. The predicted octanol–water partition coefficient (Wildman–Crippen LogP) is 5.45. The van der Waals surface area contributed by atoms with E-state index in [-0.39, 0.29) is 0 Å². The summed E-state index contributed by atoms with van der Waals surface area (Å²) in [5.74, 6) is 2.45. The molecule has 1 aromatic heterocycles. The van der Waals surface area contributed by atoms with Gasteiger partial charge in [-0.2, -0.15) is 0 Å². The molecule has 5 nitrogen and oxygen atoms in total. The van der Waals surface area contributed by atoms with E-state index in [1.54, 1.807) is 37.6 Å². The second kappa shape index (κ2) is 8.15. The molecule has 0 aliphatic carbocycles. The first-order valence-electron chi connectivity index (χ1n) is 8.44. The summed E-state index contributed by atoms with van der Waals surface area (Å²) < 4.78 is 17.3. The third-order valence-corrected chi connectivity index (χ3v) is 4.21. The van der Waals surface area contributed by atoms with Crippen LogP contribution in [-0.2, 0) is 0 Å². The van der Waals surface area contributed by atoms with Gasteiger partial charge in [-0.3, -0.25) is 4.98 Å². The Morgan fingerprint density at radius 3 is 2.62 bits per heavy atom. The van der Waals surface area contributed by atoms with Gasteiger partial charge in [0.05, 0.1) is 24.3 Å². The summed E-state index contributed by atoms with van der Waals surface area (Å²) >= 11 is 6.22. The third kappa shape index (κ3) is 3.94. The summed E-state index contributed by atoms with van der Waals surface area (Å²) in [5, 5.41) is 1.25. The van der Waals surface area contributed by atoms with Crippen LogP contribution >= 0.6 is 11.6 Å². The van der Waals surface area contributed by atoms with E-state index >= 15 is 0 Å². The summed E-state index contributed by atoms with van der Waals surface area (Å²) in [4.78, 5) is 4.42. The number of rotatable bonds is 7. The van der Waals surface area contributed by atoms with Crippen molar-refractivity contribution in [1.29, 1.82) is 0 Å². The van der Waals surface area contributed by atoms with Gasteiger partial charge in [0.1, 0.15) is 11.5 Å². The maximum atomic E-state index is 6.22. The number of hydrogen-bond acceptors (Lipinski definition) is 5. The lowest BCUT2D eigenvalue weighted by Crippen LogP contribution is -1.99. The molecule has 3 rings (SSSR count). The molecule has 0 saturated carbocycles. The van der Waals surface area contributed by atoms with Gasteiger partial charge in [-0.05, 0) is 36.8 Å². The highest BCUT2D eigenvalue weighted by Gasteiger charge is 2.13. The van der Waals surface area contributed by atoms with Crippen LogP contribution in [0.2, 0.25) is 5.02 Å². The van der Waals surface area contributed by atoms with Gasteiger partial charge >= 0.3 is 0 Å². The summed E-state index contributed by atoms with van der Waals surface area (Å²) in [6, 6.07) is 10.6. The van der Waals surface area contributed by atoms with Gasteiger partial charge in [-0.25, -0.2) is 0 Å². The number of halogens is 1. The number of nitrogens with zero attached hydrogens (tertiary/aromatic N) is 1. The van der Waals surface area contributed by atoms with Gasteiger partial charge in [0.2, 0.25) is 0 Å². The Hall–Kier alpha value is -2.66. The maximum absolute atomic E-state index is 6.22. The summed E-state index contributed by atoms with van der Waals surface area (Å²) in [7, 11) is 1.61. The Balaban J connectivity index is 1.98. The molecule has 2 N–H and O–H groups in total. The number of fused-ring (bicyclic) bond motifs is 1. The minimum absolute atomic E-state index is 0.446. The molecule has 1 heterocycles. The highest BCUT2D eigenvalue weighted by molar-refractivity contribution is 6.32. The number of aromatic nitrogens is 1. The standard InChI is InChI=1S/C20H21ClN2O3/c1-3-4-9-25-20-12-16-14(11-19(20)24-2)17(7-8-23-16)26-18-6-5-13(22)10-15(18)21/h5-8,10-12H,3-4,9,22H2,1-2H3. The van der Waals surface area contributed by atoms with Crippen LogP contribution < -0.4 is 19.9 Å². The number of anilines is 1. The summed E-state index contributed by atoms with van der Waals surface area (Å²) in [6.45, 7) is 2.75. The molecule has 3 aromatic rings. The monoisotopic (exact) mass is 372 g/mol. The number of unbranched alkanes of at least 4 members (excludes halogenated alkanes) is 1. The fraction of sp³-hybridized carbons (Fsp3) is 0.250. The van der Waals surface area contributed by atoms with E-state index < -0.39 is 0 Å².